The SMILES string of the molecule is Cc1c(C)c2c3cc4ccc(N(c5ccccc5)c5ccccc5)cc4cc3oc2c2oc3cc4cc(N(c5ccccc5)c5ccccc5)ccc4cc3c12. The zero-order valence-corrected chi connectivity index (χ0v) is 31.0. The van der Waals surface area contributed by atoms with E-state index in [0.29, 0.717) is 0 Å². The molecule has 0 aliphatic carbocycles. The van der Waals surface area contributed by atoms with Crippen LogP contribution in [0.2, 0.25) is 0 Å². The van der Waals surface area contributed by atoms with Crippen LogP contribution in [-0.4, -0.2) is 0 Å². The molecule has 0 unspecified atom stereocenters. The first-order valence-electron chi connectivity index (χ1n) is 19.1. The van der Waals surface area contributed by atoms with Gasteiger partial charge < -0.3 is 18.6 Å². The molecule has 56 heavy (non-hydrogen) atoms. The van der Waals surface area contributed by atoms with E-state index < -0.39 is 0 Å². The third-order valence-electron chi connectivity index (χ3n) is 11.4. The third kappa shape index (κ3) is 5.07. The highest BCUT2D eigenvalue weighted by atomic mass is 16.4. The summed E-state index contributed by atoms with van der Waals surface area (Å²) in [5.74, 6) is 0. The minimum atomic E-state index is 0.795. The topological polar surface area (TPSA) is 32.8 Å². The lowest BCUT2D eigenvalue weighted by Gasteiger charge is -2.25. The number of para-hydroxylation sites is 4. The van der Waals surface area contributed by atoms with Crippen LogP contribution in [0.25, 0.3) is 65.4 Å². The summed E-state index contributed by atoms with van der Waals surface area (Å²) in [6.45, 7) is 4.43. The summed E-state index contributed by atoms with van der Waals surface area (Å²) in [5, 5.41) is 8.97. The smallest absolute Gasteiger partial charge is 0.178 e. The summed E-state index contributed by atoms with van der Waals surface area (Å²) >= 11 is 0. The van der Waals surface area contributed by atoms with Gasteiger partial charge >= 0.3 is 0 Å². The van der Waals surface area contributed by atoms with Gasteiger partial charge in [0.05, 0.1) is 0 Å². The first kappa shape index (κ1) is 32.2. The Bertz CT molecular complexity index is 2960. The Morgan fingerprint density at radius 2 is 0.661 bits per heavy atom. The third-order valence-corrected chi connectivity index (χ3v) is 11.4. The highest BCUT2D eigenvalue weighted by Crippen LogP contribution is 2.46. The van der Waals surface area contributed by atoms with Crippen LogP contribution in [0.1, 0.15) is 11.1 Å². The number of rotatable bonds is 6. The number of fused-ring (bicyclic) bond motifs is 9. The summed E-state index contributed by atoms with van der Waals surface area (Å²) in [5.41, 5.74) is 12.3. The molecule has 0 saturated heterocycles. The van der Waals surface area contributed by atoms with Crippen molar-refractivity contribution in [2.24, 2.45) is 0 Å². The highest BCUT2D eigenvalue weighted by Gasteiger charge is 2.23. The summed E-state index contributed by atoms with van der Waals surface area (Å²) in [6, 6.07) is 64.4. The molecule has 0 aliphatic heterocycles. The predicted octanol–water partition coefficient (Wildman–Crippen LogP) is 15.3. The van der Waals surface area contributed by atoms with Crippen LogP contribution in [0.5, 0.6) is 0 Å². The number of nitrogens with zero attached hydrogens (tertiary/aromatic N) is 2. The van der Waals surface area contributed by atoms with Gasteiger partial charge in [-0.1, -0.05) is 84.9 Å². The normalized spacial score (nSPS) is 11.8. The largest absolute Gasteiger partial charge is 0.452 e. The molecule has 2 heterocycles. The molecule has 11 aromatic rings. The maximum atomic E-state index is 6.84. The molecule has 2 aromatic heterocycles. The van der Waals surface area contributed by atoms with Gasteiger partial charge in [0.2, 0.25) is 0 Å². The van der Waals surface area contributed by atoms with Gasteiger partial charge in [-0.15, -0.1) is 0 Å². The zero-order chi connectivity index (χ0) is 37.3. The van der Waals surface area contributed by atoms with Crippen LogP contribution >= 0.6 is 0 Å². The molecule has 11 rings (SSSR count). The molecule has 4 heteroatoms. The van der Waals surface area contributed by atoms with Gasteiger partial charge in [0.1, 0.15) is 11.2 Å². The van der Waals surface area contributed by atoms with E-state index in [1.54, 1.807) is 0 Å². The van der Waals surface area contributed by atoms with Gasteiger partial charge in [0.25, 0.3) is 0 Å². The summed E-state index contributed by atoms with van der Waals surface area (Å²) < 4.78 is 13.7. The van der Waals surface area contributed by atoms with Gasteiger partial charge in [-0.3, -0.25) is 0 Å². The van der Waals surface area contributed by atoms with Gasteiger partial charge in [-0.2, -0.15) is 0 Å². The fraction of sp³-hybridized carbons (Fsp3) is 0.0385. The van der Waals surface area contributed by atoms with E-state index in [2.05, 4.69) is 206 Å². The Hall–Kier alpha value is -7.30. The van der Waals surface area contributed by atoms with Gasteiger partial charge in [0.15, 0.2) is 11.2 Å². The predicted molar refractivity (Wildman–Crippen MR) is 235 cm³/mol. The molecule has 0 atom stereocenters. The van der Waals surface area contributed by atoms with Crippen molar-refractivity contribution in [1.29, 1.82) is 0 Å². The summed E-state index contributed by atoms with van der Waals surface area (Å²) in [4.78, 5) is 4.59. The molecule has 0 aliphatic rings. The van der Waals surface area contributed by atoms with Crippen LogP contribution in [0, 0.1) is 13.8 Å². The lowest BCUT2D eigenvalue weighted by Crippen LogP contribution is -2.09. The van der Waals surface area contributed by atoms with Crippen LogP contribution in [0.4, 0.5) is 34.1 Å². The molecule has 0 amide bonds. The summed E-state index contributed by atoms with van der Waals surface area (Å²) in [7, 11) is 0. The molecule has 0 radical (unpaired) electrons. The fourth-order valence-electron chi connectivity index (χ4n) is 8.57. The van der Waals surface area contributed by atoms with Crippen LogP contribution in [-0.2, 0) is 0 Å². The Labute approximate surface area is 324 Å². The van der Waals surface area contributed by atoms with Crippen molar-refractivity contribution in [1.82, 2.24) is 0 Å². The number of hydrogen-bond donors (Lipinski definition) is 0. The number of anilines is 6. The first-order valence-corrected chi connectivity index (χ1v) is 19.1. The molecule has 4 nitrogen and oxygen atoms in total. The molecule has 9 aromatic carbocycles. The number of hydrogen-bond acceptors (Lipinski definition) is 4. The van der Waals surface area contributed by atoms with E-state index in [9.17, 15) is 0 Å². The van der Waals surface area contributed by atoms with E-state index in [0.717, 1.165) is 99.5 Å². The highest BCUT2D eigenvalue weighted by molar-refractivity contribution is 6.23. The minimum absolute atomic E-state index is 0.795. The van der Waals surface area contributed by atoms with Gasteiger partial charge in [-0.05, 0) is 144 Å². The molecule has 0 bridgehead atoms. The minimum Gasteiger partial charge on any atom is -0.452 e. The van der Waals surface area contributed by atoms with Crippen molar-refractivity contribution in [2.45, 2.75) is 13.8 Å². The molecular formula is C52H36N2O2. The maximum Gasteiger partial charge on any atom is 0.178 e. The lowest BCUT2D eigenvalue weighted by molar-refractivity contribution is 0.633. The van der Waals surface area contributed by atoms with E-state index in [1.165, 1.54) is 11.1 Å². The molecular weight excluding hydrogens is 685 g/mol. The van der Waals surface area contributed by atoms with Gasteiger partial charge in [-0.25, -0.2) is 0 Å². The number of benzene rings is 9. The summed E-state index contributed by atoms with van der Waals surface area (Å²) in [6.07, 6.45) is 0. The van der Waals surface area contributed by atoms with E-state index in [1.807, 2.05) is 0 Å². The quantitative estimate of drug-likeness (QED) is 0.171. The van der Waals surface area contributed by atoms with Crippen LogP contribution < -0.4 is 9.80 Å². The molecule has 0 saturated carbocycles. The van der Waals surface area contributed by atoms with Crippen molar-refractivity contribution in [3.63, 3.8) is 0 Å². The Balaban J connectivity index is 1.07. The molecule has 0 fully saturated rings. The average Bonchev–Trinajstić information content (AvgIpc) is 3.81. The molecule has 266 valence electrons. The second kappa shape index (κ2) is 12.6. The van der Waals surface area contributed by atoms with Crippen molar-refractivity contribution in [3.8, 4) is 0 Å². The van der Waals surface area contributed by atoms with Crippen molar-refractivity contribution < 1.29 is 8.83 Å². The molecule has 0 N–H and O–H groups in total. The lowest BCUT2D eigenvalue weighted by atomic mass is 9.96. The standard InChI is InChI=1S/C52H36N2O2/c1-33-34(2)50-46-30-36-24-26-44(54(41-19-11-5-12-20-41)42-21-13-6-14-22-42)28-38(36)32-48(46)56-52(50)51-49(33)45-29-35-23-25-43(27-37(35)31-47(45)55-51)53(39-15-7-3-8-16-39)40-17-9-4-10-18-40/h3-32H,1-2H3. The second-order valence-corrected chi connectivity index (χ2v) is 14.6. The van der Waals surface area contributed by atoms with E-state index >= 15 is 0 Å². The van der Waals surface area contributed by atoms with Crippen LogP contribution in [0.15, 0.2) is 191 Å². The Kier molecular flexibility index (Phi) is 7.26. The maximum absolute atomic E-state index is 6.84. The number of furan rings is 2. The Morgan fingerprint density at radius 3 is 1.00 bits per heavy atom. The van der Waals surface area contributed by atoms with Crippen molar-refractivity contribution in [2.75, 3.05) is 9.80 Å². The van der Waals surface area contributed by atoms with E-state index in [-0.39, 0.29) is 0 Å². The van der Waals surface area contributed by atoms with Crippen LogP contribution in [0.3, 0.4) is 0 Å². The van der Waals surface area contributed by atoms with Crippen molar-refractivity contribution in [3.05, 3.63) is 193 Å². The number of aryl methyl sites for hydroxylation is 2. The van der Waals surface area contributed by atoms with Crippen molar-refractivity contribution >= 4 is 99.5 Å². The Morgan fingerprint density at radius 1 is 0.321 bits per heavy atom. The first-order chi connectivity index (χ1) is 27.6. The van der Waals surface area contributed by atoms with Gasteiger partial charge in [0, 0.05) is 55.7 Å². The van der Waals surface area contributed by atoms with E-state index in [4.69, 9.17) is 8.83 Å². The molecule has 0 spiro atoms. The average molecular weight is 721 g/mol. The monoisotopic (exact) mass is 720 g/mol. The second-order valence-electron chi connectivity index (χ2n) is 14.6. The fourth-order valence-corrected chi connectivity index (χ4v) is 8.57. The zero-order valence-electron chi connectivity index (χ0n) is 31.0.